The molecule has 2 aromatic heterocycles. The third-order valence-electron chi connectivity index (χ3n) is 3.58. The van der Waals surface area contributed by atoms with Gasteiger partial charge in [0, 0.05) is 5.56 Å². The molecule has 0 N–H and O–H groups in total. The van der Waals surface area contributed by atoms with Gasteiger partial charge in [-0.3, -0.25) is 0 Å². The fourth-order valence-electron chi connectivity index (χ4n) is 2.31. The zero-order valence-corrected chi connectivity index (χ0v) is 13.2. The van der Waals surface area contributed by atoms with Crippen LogP contribution in [0.5, 0.6) is 5.75 Å². The van der Waals surface area contributed by atoms with Crippen LogP contribution in [0, 0.1) is 20.8 Å². The molecule has 0 spiro atoms. The Morgan fingerprint density at radius 1 is 1.18 bits per heavy atom. The van der Waals surface area contributed by atoms with E-state index in [1.807, 2.05) is 19.2 Å². The normalized spacial score (nSPS) is 10.9. The van der Waals surface area contributed by atoms with Gasteiger partial charge in [-0.15, -0.1) is 11.3 Å². The molecule has 3 rings (SSSR count). The molecule has 3 aromatic rings. The van der Waals surface area contributed by atoms with Crippen molar-refractivity contribution in [3.05, 3.63) is 61.6 Å². The highest BCUT2D eigenvalue weighted by Crippen LogP contribution is 2.31. The minimum Gasteiger partial charge on any atom is -0.422 e. The Hall–Kier alpha value is -2.40. The lowest BCUT2D eigenvalue weighted by Gasteiger charge is -2.11. The quantitative estimate of drug-likeness (QED) is 0.407. The van der Waals surface area contributed by atoms with E-state index in [4.69, 9.17) is 9.15 Å². The fraction of sp³-hybridized carbons (Fsp3) is 0.176. The summed E-state index contributed by atoms with van der Waals surface area (Å²) in [5.74, 6) is 0.00269. The molecule has 5 heteroatoms. The minimum absolute atomic E-state index is 0.369. The van der Waals surface area contributed by atoms with Gasteiger partial charge >= 0.3 is 11.6 Å². The van der Waals surface area contributed by atoms with Crippen LogP contribution in [0.25, 0.3) is 11.0 Å². The van der Waals surface area contributed by atoms with E-state index in [9.17, 15) is 9.59 Å². The van der Waals surface area contributed by atoms with Crippen LogP contribution in [0.1, 0.15) is 26.4 Å². The Morgan fingerprint density at radius 3 is 2.64 bits per heavy atom. The van der Waals surface area contributed by atoms with Gasteiger partial charge in [-0.25, -0.2) is 9.59 Å². The van der Waals surface area contributed by atoms with Crippen LogP contribution in [0.15, 0.2) is 38.9 Å². The van der Waals surface area contributed by atoms with E-state index >= 15 is 0 Å². The Morgan fingerprint density at radius 2 is 1.95 bits per heavy atom. The zero-order chi connectivity index (χ0) is 15.9. The van der Waals surface area contributed by atoms with E-state index < -0.39 is 5.97 Å². The van der Waals surface area contributed by atoms with Crippen LogP contribution in [0.2, 0.25) is 0 Å². The Balaban J connectivity index is 2.18. The lowest BCUT2D eigenvalue weighted by Crippen LogP contribution is -2.10. The van der Waals surface area contributed by atoms with E-state index in [0.717, 1.165) is 11.1 Å². The third-order valence-corrected chi connectivity index (χ3v) is 4.43. The number of hydrogen-bond donors (Lipinski definition) is 0. The van der Waals surface area contributed by atoms with Gasteiger partial charge in [0.05, 0.1) is 5.39 Å². The first-order valence-electron chi connectivity index (χ1n) is 6.77. The van der Waals surface area contributed by atoms with Gasteiger partial charge in [0.25, 0.3) is 0 Å². The number of benzene rings is 1. The highest BCUT2D eigenvalue weighted by atomic mass is 32.1. The number of hydrogen-bond acceptors (Lipinski definition) is 5. The van der Waals surface area contributed by atoms with Crippen molar-refractivity contribution < 1.29 is 13.9 Å². The Bertz CT molecular complexity index is 920. The van der Waals surface area contributed by atoms with E-state index in [0.29, 0.717) is 27.2 Å². The van der Waals surface area contributed by atoms with E-state index in [-0.39, 0.29) is 5.63 Å². The lowest BCUT2D eigenvalue weighted by atomic mass is 10.0. The molecule has 0 atom stereocenters. The largest absolute Gasteiger partial charge is 0.422 e. The number of ether oxygens (including phenoxy) is 1. The summed E-state index contributed by atoms with van der Waals surface area (Å²) in [7, 11) is 0. The number of rotatable bonds is 2. The third kappa shape index (κ3) is 2.44. The smallest absolute Gasteiger partial charge is 0.353 e. The Kier molecular flexibility index (Phi) is 3.58. The molecule has 0 aliphatic rings. The fourth-order valence-corrected chi connectivity index (χ4v) is 2.91. The predicted molar refractivity (Wildman–Crippen MR) is 86.0 cm³/mol. The van der Waals surface area contributed by atoms with Crippen LogP contribution in [0.3, 0.4) is 0 Å². The molecule has 22 heavy (non-hydrogen) atoms. The molecule has 0 fully saturated rings. The topological polar surface area (TPSA) is 56.5 Å². The van der Waals surface area contributed by atoms with E-state index in [1.54, 1.807) is 31.2 Å². The van der Waals surface area contributed by atoms with E-state index in [2.05, 4.69) is 0 Å². The van der Waals surface area contributed by atoms with Crippen molar-refractivity contribution in [1.29, 1.82) is 0 Å². The molecule has 0 aliphatic carbocycles. The summed E-state index contributed by atoms with van der Waals surface area (Å²) >= 11 is 1.32. The summed E-state index contributed by atoms with van der Waals surface area (Å²) in [4.78, 5) is 24.5. The maximum absolute atomic E-state index is 12.2. The summed E-state index contributed by atoms with van der Waals surface area (Å²) in [6, 6.07) is 7.05. The summed E-state index contributed by atoms with van der Waals surface area (Å²) in [6.07, 6.45) is 0. The molecule has 4 nitrogen and oxygen atoms in total. The monoisotopic (exact) mass is 314 g/mol. The number of fused-ring (bicyclic) bond motifs is 1. The SMILES string of the molecule is Cc1cc(OC(=O)c2cccs2)c2c(C)c(C)c(=O)oc2c1. The van der Waals surface area contributed by atoms with Gasteiger partial charge in [0.2, 0.25) is 0 Å². The van der Waals surface area contributed by atoms with Crippen LogP contribution >= 0.6 is 11.3 Å². The van der Waals surface area contributed by atoms with Crippen LogP contribution < -0.4 is 10.4 Å². The van der Waals surface area contributed by atoms with Crippen LogP contribution in [-0.4, -0.2) is 5.97 Å². The van der Waals surface area contributed by atoms with E-state index in [1.165, 1.54) is 11.3 Å². The molecule has 1 aromatic carbocycles. The van der Waals surface area contributed by atoms with Crippen LogP contribution in [-0.2, 0) is 0 Å². The van der Waals surface area contributed by atoms with Crippen molar-refractivity contribution in [1.82, 2.24) is 0 Å². The molecule has 0 amide bonds. The molecule has 0 aliphatic heterocycles. The summed E-state index contributed by atoms with van der Waals surface area (Å²) in [5, 5.41) is 2.48. The van der Waals surface area contributed by atoms with Gasteiger partial charge in [-0.2, -0.15) is 0 Å². The second-order valence-corrected chi connectivity index (χ2v) is 6.09. The summed E-state index contributed by atoms with van der Waals surface area (Å²) in [5.41, 5.74) is 2.20. The first-order chi connectivity index (χ1) is 10.5. The van der Waals surface area contributed by atoms with Crippen molar-refractivity contribution in [2.75, 3.05) is 0 Å². The lowest BCUT2D eigenvalue weighted by molar-refractivity contribution is 0.0742. The molecule has 0 radical (unpaired) electrons. The van der Waals surface area contributed by atoms with Crippen molar-refractivity contribution in [2.24, 2.45) is 0 Å². The predicted octanol–water partition coefficient (Wildman–Crippen LogP) is 4.00. The molecule has 0 unspecified atom stereocenters. The standard InChI is InChI=1S/C17H14O4S/c1-9-7-12-15(10(2)11(3)16(18)20-12)13(8-9)21-17(19)14-5-4-6-22-14/h4-8H,1-3H3. The summed E-state index contributed by atoms with van der Waals surface area (Å²) < 4.78 is 10.9. The van der Waals surface area contributed by atoms with Gasteiger partial charge in [0.1, 0.15) is 16.2 Å². The van der Waals surface area contributed by atoms with Gasteiger partial charge in [-0.05, 0) is 55.5 Å². The van der Waals surface area contributed by atoms with Gasteiger partial charge in [0.15, 0.2) is 0 Å². The van der Waals surface area contributed by atoms with Crippen molar-refractivity contribution in [3.63, 3.8) is 0 Å². The zero-order valence-electron chi connectivity index (χ0n) is 12.4. The Labute approximate surface area is 131 Å². The van der Waals surface area contributed by atoms with Gasteiger partial charge in [-0.1, -0.05) is 6.07 Å². The molecule has 0 bridgehead atoms. The molecule has 112 valence electrons. The second kappa shape index (κ2) is 5.42. The maximum Gasteiger partial charge on any atom is 0.353 e. The molecule has 2 heterocycles. The number of thiophene rings is 1. The average Bonchev–Trinajstić information content (AvgIpc) is 2.98. The number of carbonyl (C=O) groups excluding carboxylic acids is 1. The molecule has 0 saturated heterocycles. The maximum atomic E-state index is 12.2. The molecular weight excluding hydrogens is 300 g/mol. The summed E-state index contributed by atoms with van der Waals surface area (Å²) in [6.45, 7) is 5.38. The number of esters is 1. The van der Waals surface area contributed by atoms with Crippen LogP contribution in [0.4, 0.5) is 0 Å². The minimum atomic E-state index is -0.412. The molecule has 0 saturated carbocycles. The second-order valence-electron chi connectivity index (χ2n) is 5.14. The number of aryl methyl sites for hydroxylation is 2. The first kappa shape index (κ1) is 14.5. The van der Waals surface area contributed by atoms with Crippen molar-refractivity contribution in [2.45, 2.75) is 20.8 Å². The van der Waals surface area contributed by atoms with Crippen molar-refractivity contribution >= 4 is 28.3 Å². The highest BCUT2D eigenvalue weighted by Gasteiger charge is 2.17. The highest BCUT2D eigenvalue weighted by molar-refractivity contribution is 7.12. The van der Waals surface area contributed by atoms with Gasteiger partial charge < -0.3 is 9.15 Å². The first-order valence-corrected chi connectivity index (χ1v) is 7.65. The number of carbonyl (C=O) groups is 1. The molecular formula is C17H14O4S. The van der Waals surface area contributed by atoms with Crippen molar-refractivity contribution in [3.8, 4) is 5.75 Å². The average molecular weight is 314 g/mol.